The molecule has 1 aromatic rings. The van der Waals surface area contributed by atoms with Crippen LogP contribution in [0.15, 0.2) is 23.1 Å². The van der Waals surface area contributed by atoms with Gasteiger partial charge in [0.2, 0.25) is 0 Å². The van der Waals surface area contributed by atoms with Gasteiger partial charge in [0, 0.05) is 24.7 Å². The molecule has 0 radical (unpaired) electrons. The van der Waals surface area contributed by atoms with Crippen molar-refractivity contribution in [2.24, 2.45) is 5.92 Å². The molecule has 1 fully saturated rings. The van der Waals surface area contributed by atoms with E-state index in [9.17, 15) is 5.26 Å². The predicted octanol–water partition coefficient (Wildman–Crippen LogP) is 3.12. The Kier molecular flexibility index (Phi) is 4.91. The Morgan fingerprint density at radius 2 is 2.22 bits per heavy atom. The summed E-state index contributed by atoms with van der Waals surface area (Å²) in [4.78, 5) is 1.04. The standard InChI is InChI=1S/C14H18N2OS/c1-18-14-4-2-3-13(12(14)9-15)16-10-11-5-7-17-8-6-11/h2-4,11,16H,5-8,10H2,1H3. The topological polar surface area (TPSA) is 45.0 Å². The zero-order valence-corrected chi connectivity index (χ0v) is 11.4. The van der Waals surface area contributed by atoms with Crippen molar-refractivity contribution in [3.63, 3.8) is 0 Å². The lowest BCUT2D eigenvalue weighted by Crippen LogP contribution is -2.22. The molecule has 0 unspecified atom stereocenters. The van der Waals surface area contributed by atoms with Crippen molar-refractivity contribution < 1.29 is 4.74 Å². The largest absolute Gasteiger partial charge is 0.384 e. The van der Waals surface area contributed by atoms with E-state index in [0.717, 1.165) is 48.7 Å². The fourth-order valence-electron chi connectivity index (χ4n) is 2.17. The van der Waals surface area contributed by atoms with Gasteiger partial charge in [-0.25, -0.2) is 0 Å². The fraction of sp³-hybridized carbons (Fsp3) is 0.500. The molecule has 0 saturated carbocycles. The van der Waals surface area contributed by atoms with Crippen LogP contribution in [0, 0.1) is 17.2 Å². The van der Waals surface area contributed by atoms with Crippen LogP contribution in [-0.4, -0.2) is 26.0 Å². The summed E-state index contributed by atoms with van der Waals surface area (Å²) >= 11 is 1.61. The maximum Gasteiger partial charge on any atom is 0.102 e. The quantitative estimate of drug-likeness (QED) is 0.847. The lowest BCUT2D eigenvalue weighted by molar-refractivity contribution is 0.0699. The zero-order chi connectivity index (χ0) is 12.8. The minimum absolute atomic E-state index is 0.656. The molecule has 0 amide bonds. The van der Waals surface area contributed by atoms with Crippen LogP contribution in [-0.2, 0) is 4.74 Å². The first-order chi connectivity index (χ1) is 8.85. The van der Waals surface area contributed by atoms with Crippen molar-refractivity contribution >= 4 is 17.4 Å². The van der Waals surface area contributed by atoms with Gasteiger partial charge in [0.15, 0.2) is 0 Å². The Bertz CT molecular complexity index is 436. The molecule has 0 aliphatic carbocycles. The van der Waals surface area contributed by atoms with E-state index < -0.39 is 0 Å². The Morgan fingerprint density at radius 1 is 1.44 bits per heavy atom. The first-order valence-corrected chi connectivity index (χ1v) is 7.46. The third kappa shape index (κ3) is 3.18. The first-order valence-electron chi connectivity index (χ1n) is 6.24. The molecule has 1 N–H and O–H groups in total. The second kappa shape index (κ2) is 6.67. The highest BCUT2D eigenvalue weighted by molar-refractivity contribution is 7.98. The number of nitrogens with zero attached hydrogens (tertiary/aromatic N) is 1. The maximum absolute atomic E-state index is 9.24. The summed E-state index contributed by atoms with van der Waals surface area (Å²) < 4.78 is 5.35. The van der Waals surface area contributed by atoms with Gasteiger partial charge < -0.3 is 10.1 Å². The average Bonchev–Trinajstić information content (AvgIpc) is 2.45. The highest BCUT2D eigenvalue weighted by Crippen LogP contribution is 2.27. The lowest BCUT2D eigenvalue weighted by Gasteiger charge is -2.23. The molecule has 96 valence electrons. The van der Waals surface area contributed by atoms with Crippen molar-refractivity contribution in [2.75, 3.05) is 31.3 Å². The van der Waals surface area contributed by atoms with Crippen LogP contribution in [0.2, 0.25) is 0 Å². The molecule has 18 heavy (non-hydrogen) atoms. The highest BCUT2D eigenvalue weighted by Gasteiger charge is 2.14. The van der Waals surface area contributed by atoms with Crippen LogP contribution in [0.3, 0.4) is 0 Å². The number of nitriles is 1. The van der Waals surface area contributed by atoms with Gasteiger partial charge in [0.25, 0.3) is 0 Å². The lowest BCUT2D eigenvalue weighted by atomic mass is 10.0. The average molecular weight is 262 g/mol. The second-order valence-corrected chi connectivity index (χ2v) is 5.28. The minimum Gasteiger partial charge on any atom is -0.384 e. The van der Waals surface area contributed by atoms with E-state index in [-0.39, 0.29) is 0 Å². The molecule has 1 aliphatic heterocycles. The van der Waals surface area contributed by atoms with Gasteiger partial charge in [0.05, 0.1) is 11.3 Å². The van der Waals surface area contributed by atoms with E-state index in [1.54, 1.807) is 11.8 Å². The maximum atomic E-state index is 9.24. The smallest absolute Gasteiger partial charge is 0.102 e. The molecular weight excluding hydrogens is 244 g/mol. The van der Waals surface area contributed by atoms with E-state index in [1.807, 2.05) is 24.5 Å². The molecule has 2 rings (SSSR count). The van der Waals surface area contributed by atoms with Crippen LogP contribution < -0.4 is 5.32 Å². The van der Waals surface area contributed by atoms with Crippen molar-refractivity contribution in [3.05, 3.63) is 23.8 Å². The van der Waals surface area contributed by atoms with Crippen LogP contribution in [0.4, 0.5) is 5.69 Å². The van der Waals surface area contributed by atoms with Crippen molar-refractivity contribution in [2.45, 2.75) is 17.7 Å². The normalized spacial score (nSPS) is 16.2. The van der Waals surface area contributed by atoms with Crippen LogP contribution >= 0.6 is 11.8 Å². The van der Waals surface area contributed by atoms with E-state index in [0.29, 0.717) is 5.92 Å². The third-order valence-corrected chi connectivity index (χ3v) is 4.06. The summed E-state index contributed by atoms with van der Waals surface area (Å²) in [7, 11) is 0. The highest BCUT2D eigenvalue weighted by atomic mass is 32.2. The Morgan fingerprint density at radius 3 is 2.89 bits per heavy atom. The Balaban J connectivity index is 2.02. The number of ether oxygens (including phenoxy) is 1. The van der Waals surface area contributed by atoms with Crippen LogP contribution in [0.5, 0.6) is 0 Å². The van der Waals surface area contributed by atoms with Gasteiger partial charge in [-0.05, 0) is 37.1 Å². The summed E-state index contributed by atoms with van der Waals surface area (Å²) in [5, 5.41) is 12.7. The Labute approximate surface area is 113 Å². The summed E-state index contributed by atoms with van der Waals surface area (Å²) in [5.41, 5.74) is 1.72. The molecule has 3 nitrogen and oxygen atoms in total. The third-order valence-electron chi connectivity index (χ3n) is 3.28. The summed E-state index contributed by atoms with van der Waals surface area (Å²) in [5.74, 6) is 0.656. The molecule has 0 spiro atoms. The fourth-order valence-corrected chi connectivity index (χ4v) is 2.74. The molecule has 0 atom stereocenters. The summed E-state index contributed by atoms with van der Waals surface area (Å²) in [6.45, 7) is 2.65. The number of benzene rings is 1. The molecule has 0 bridgehead atoms. The minimum atomic E-state index is 0.656. The molecule has 0 aromatic heterocycles. The van der Waals surface area contributed by atoms with E-state index >= 15 is 0 Å². The SMILES string of the molecule is CSc1cccc(NCC2CCOCC2)c1C#N. The summed E-state index contributed by atoms with van der Waals surface area (Å²) in [6.07, 6.45) is 4.21. The van der Waals surface area contributed by atoms with Gasteiger partial charge >= 0.3 is 0 Å². The van der Waals surface area contributed by atoms with Crippen LogP contribution in [0.25, 0.3) is 0 Å². The number of rotatable bonds is 4. The summed E-state index contributed by atoms with van der Waals surface area (Å²) in [6, 6.07) is 8.27. The number of anilines is 1. The molecular formula is C14H18N2OS. The molecule has 1 heterocycles. The van der Waals surface area contributed by atoms with E-state index in [1.165, 1.54) is 0 Å². The van der Waals surface area contributed by atoms with E-state index in [2.05, 4.69) is 11.4 Å². The second-order valence-electron chi connectivity index (χ2n) is 4.43. The first kappa shape index (κ1) is 13.3. The number of hydrogen-bond donors (Lipinski definition) is 1. The van der Waals surface area contributed by atoms with Crippen molar-refractivity contribution in [1.29, 1.82) is 5.26 Å². The van der Waals surface area contributed by atoms with Gasteiger partial charge in [0.1, 0.15) is 6.07 Å². The van der Waals surface area contributed by atoms with Gasteiger partial charge in [-0.2, -0.15) is 5.26 Å². The van der Waals surface area contributed by atoms with Gasteiger partial charge in [-0.1, -0.05) is 6.07 Å². The molecule has 1 saturated heterocycles. The van der Waals surface area contributed by atoms with Crippen molar-refractivity contribution in [1.82, 2.24) is 0 Å². The zero-order valence-electron chi connectivity index (χ0n) is 10.6. The van der Waals surface area contributed by atoms with Gasteiger partial charge in [-0.15, -0.1) is 11.8 Å². The van der Waals surface area contributed by atoms with E-state index in [4.69, 9.17) is 4.74 Å². The molecule has 1 aromatic carbocycles. The molecule has 4 heteroatoms. The number of thioether (sulfide) groups is 1. The number of nitrogens with one attached hydrogen (secondary N) is 1. The van der Waals surface area contributed by atoms with Crippen LogP contribution in [0.1, 0.15) is 18.4 Å². The van der Waals surface area contributed by atoms with Crippen molar-refractivity contribution in [3.8, 4) is 6.07 Å². The predicted molar refractivity (Wildman–Crippen MR) is 75.0 cm³/mol. The van der Waals surface area contributed by atoms with Gasteiger partial charge in [-0.3, -0.25) is 0 Å². The Hall–Kier alpha value is -1.18. The monoisotopic (exact) mass is 262 g/mol. The number of hydrogen-bond acceptors (Lipinski definition) is 4. The molecule has 1 aliphatic rings.